The van der Waals surface area contributed by atoms with Gasteiger partial charge in [-0.2, -0.15) is 10.5 Å². The van der Waals surface area contributed by atoms with Crippen molar-refractivity contribution in [2.45, 2.75) is 64.5 Å². The maximum Gasteiger partial charge on any atom is 0.342 e. The molecular weight excluding hydrogens is 344 g/mol. The zero-order chi connectivity index (χ0) is 17.8. The molecule has 7 nitrogen and oxygen atoms in total. The molecule has 0 saturated carbocycles. The monoisotopic (exact) mass is 370 g/mol. The van der Waals surface area contributed by atoms with Crippen LogP contribution < -0.4 is 9.44 Å². The highest BCUT2D eigenvalue weighted by atomic mass is 32.2. The Balaban J connectivity index is 2.39. The summed E-state index contributed by atoms with van der Waals surface area (Å²) in [6.45, 7) is 5.42. The predicted molar refractivity (Wildman–Crippen MR) is 98.1 cm³/mol. The molecule has 0 bridgehead atoms. The molecule has 0 aromatic carbocycles. The number of nitrogens with zero attached hydrogens (tertiary/aromatic N) is 4. The number of hydrogen-bond acceptors (Lipinski definition) is 7. The molecule has 2 atom stereocenters. The Morgan fingerprint density at radius 3 is 1.75 bits per heavy atom. The van der Waals surface area contributed by atoms with Crippen molar-refractivity contribution in [3.8, 4) is 12.1 Å². The van der Waals surface area contributed by atoms with E-state index in [1.165, 1.54) is 24.3 Å². The van der Waals surface area contributed by atoms with Gasteiger partial charge in [0.2, 0.25) is 0 Å². The van der Waals surface area contributed by atoms with Gasteiger partial charge in [-0.25, -0.2) is 14.2 Å². The number of hydrogen-bond donors (Lipinski definition) is 2. The van der Waals surface area contributed by atoms with E-state index in [0.717, 1.165) is 25.7 Å². The van der Waals surface area contributed by atoms with Crippen molar-refractivity contribution in [1.82, 2.24) is 18.1 Å². The SMILES string of the molecule is CCCC(CC#N)NSN1CCN(SNC(CC#N)CCC)C1=O. The van der Waals surface area contributed by atoms with Gasteiger partial charge in [-0.3, -0.25) is 8.61 Å². The second-order valence-corrected chi connectivity index (χ2v) is 7.32. The van der Waals surface area contributed by atoms with Crippen molar-refractivity contribution in [3.05, 3.63) is 0 Å². The molecule has 1 aliphatic rings. The number of nitrogens with one attached hydrogen (secondary N) is 2. The molecule has 2 unspecified atom stereocenters. The molecule has 2 N–H and O–H groups in total. The van der Waals surface area contributed by atoms with Crippen LogP contribution in [0.2, 0.25) is 0 Å². The summed E-state index contributed by atoms with van der Waals surface area (Å²) in [5.74, 6) is 0. The average molecular weight is 371 g/mol. The first-order valence-corrected chi connectivity index (χ1v) is 9.88. The van der Waals surface area contributed by atoms with Gasteiger partial charge >= 0.3 is 6.03 Å². The summed E-state index contributed by atoms with van der Waals surface area (Å²) in [6.07, 6.45) is 4.70. The third-order valence-electron chi connectivity index (χ3n) is 3.54. The number of urea groups is 1. The molecular formula is C15H26N6OS2. The van der Waals surface area contributed by atoms with Crippen LogP contribution in [0.3, 0.4) is 0 Å². The van der Waals surface area contributed by atoms with Crippen LogP contribution >= 0.6 is 24.3 Å². The fourth-order valence-electron chi connectivity index (χ4n) is 2.27. The quantitative estimate of drug-likeness (QED) is 0.509. The van der Waals surface area contributed by atoms with Gasteiger partial charge in [0.15, 0.2) is 0 Å². The van der Waals surface area contributed by atoms with E-state index in [1.807, 2.05) is 0 Å². The van der Waals surface area contributed by atoms with Crippen LogP contribution in [0.5, 0.6) is 0 Å². The molecule has 1 rings (SSSR count). The lowest BCUT2D eigenvalue weighted by Gasteiger charge is -2.21. The van der Waals surface area contributed by atoms with Crippen molar-refractivity contribution in [3.63, 3.8) is 0 Å². The van der Waals surface area contributed by atoms with Gasteiger partial charge in [0, 0.05) is 36.4 Å². The lowest BCUT2D eigenvalue weighted by atomic mass is 10.1. The largest absolute Gasteiger partial charge is 0.342 e. The van der Waals surface area contributed by atoms with Crippen LogP contribution in [0.4, 0.5) is 4.79 Å². The molecule has 1 aliphatic heterocycles. The molecule has 0 aromatic rings. The smallest absolute Gasteiger partial charge is 0.252 e. The summed E-state index contributed by atoms with van der Waals surface area (Å²) < 4.78 is 9.79. The van der Waals surface area contributed by atoms with E-state index in [0.29, 0.717) is 25.9 Å². The Hall–Kier alpha value is -1.13. The van der Waals surface area contributed by atoms with Crippen molar-refractivity contribution in [1.29, 1.82) is 10.5 Å². The van der Waals surface area contributed by atoms with E-state index >= 15 is 0 Å². The molecule has 1 saturated heterocycles. The molecule has 24 heavy (non-hydrogen) atoms. The third kappa shape index (κ3) is 7.18. The maximum absolute atomic E-state index is 12.4. The van der Waals surface area contributed by atoms with Crippen molar-refractivity contribution in [2.24, 2.45) is 0 Å². The molecule has 2 amide bonds. The molecule has 1 heterocycles. The van der Waals surface area contributed by atoms with Gasteiger partial charge in [-0.05, 0) is 12.8 Å². The summed E-state index contributed by atoms with van der Waals surface area (Å²) in [5.41, 5.74) is 0. The van der Waals surface area contributed by atoms with Gasteiger partial charge in [0.1, 0.15) is 0 Å². The third-order valence-corrected chi connectivity index (χ3v) is 5.54. The van der Waals surface area contributed by atoms with Crippen molar-refractivity contribution >= 4 is 30.3 Å². The van der Waals surface area contributed by atoms with Crippen LogP contribution in [0, 0.1) is 22.7 Å². The van der Waals surface area contributed by atoms with E-state index in [2.05, 4.69) is 35.4 Å². The summed E-state index contributed by atoms with van der Waals surface area (Å²) >= 11 is 2.57. The van der Waals surface area contributed by atoms with Gasteiger partial charge in [0.05, 0.1) is 38.1 Å². The standard InChI is InChI=1S/C15H26N6OS2/c1-3-5-13(7-9-16)18-23-20-11-12-21(15(20)22)24-19-14(6-4-2)8-10-17/h13-14,18-19H,3-8,11-12H2,1-2H3. The lowest BCUT2D eigenvalue weighted by Crippen LogP contribution is -2.33. The van der Waals surface area contributed by atoms with E-state index < -0.39 is 0 Å². The zero-order valence-electron chi connectivity index (χ0n) is 14.3. The van der Waals surface area contributed by atoms with Crippen molar-refractivity contribution in [2.75, 3.05) is 13.1 Å². The number of nitriles is 2. The fraction of sp³-hybridized carbons (Fsp3) is 0.800. The number of amides is 2. The first-order chi connectivity index (χ1) is 11.7. The molecule has 0 radical (unpaired) electrons. The van der Waals surface area contributed by atoms with Crippen molar-refractivity contribution < 1.29 is 4.79 Å². The molecule has 0 aliphatic carbocycles. The Labute approximate surface area is 153 Å². The highest BCUT2D eigenvalue weighted by Gasteiger charge is 2.31. The lowest BCUT2D eigenvalue weighted by molar-refractivity contribution is 0.227. The highest BCUT2D eigenvalue weighted by molar-refractivity contribution is 7.97. The minimum absolute atomic E-state index is 0.0654. The highest BCUT2D eigenvalue weighted by Crippen LogP contribution is 2.23. The topological polar surface area (TPSA) is 95.2 Å². The van der Waals surface area contributed by atoms with Gasteiger partial charge in [-0.15, -0.1) is 0 Å². The van der Waals surface area contributed by atoms with Gasteiger partial charge < -0.3 is 0 Å². The first kappa shape index (κ1) is 20.9. The molecule has 0 aromatic heterocycles. The maximum atomic E-state index is 12.4. The van der Waals surface area contributed by atoms with Gasteiger partial charge in [-0.1, -0.05) is 26.7 Å². The summed E-state index contributed by atoms with van der Waals surface area (Å²) in [6, 6.07) is 4.48. The van der Waals surface area contributed by atoms with Crippen LogP contribution in [0.15, 0.2) is 0 Å². The second kappa shape index (κ2) is 12.3. The van der Waals surface area contributed by atoms with E-state index in [9.17, 15) is 4.79 Å². The normalized spacial score (nSPS) is 16.8. The molecule has 1 fully saturated rings. The second-order valence-electron chi connectivity index (χ2n) is 5.60. The van der Waals surface area contributed by atoms with Crippen LogP contribution in [0.25, 0.3) is 0 Å². The molecule has 134 valence electrons. The van der Waals surface area contributed by atoms with E-state index in [-0.39, 0.29) is 18.1 Å². The van der Waals surface area contributed by atoms with Crippen LogP contribution in [0.1, 0.15) is 52.4 Å². The van der Waals surface area contributed by atoms with Crippen LogP contribution in [-0.2, 0) is 0 Å². The fourth-order valence-corrected chi connectivity index (χ4v) is 3.97. The summed E-state index contributed by atoms with van der Waals surface area (Å²) in [4.78, 5) is 12.4. The number of rotatable bonds is 12. The van der Waals surface area contributed by atoms with E-state index in [4.69, 9.17) is 10.5 Å². The average Bonchev–Trinajstić information content (AvgIpc) is 2.91. The Morgan fingerprint density at radius 1 is 1.00 bits per heavy atom. The Morgan fingerprint density at radius 2 is 1.42 bits per heavy atom. The van der Waals surface area contributed by atoms with Gasteiger partial charge in [0.25, 0.3) is 0 Å². The summed E-state index contributed by atoms with van der Waals surface area (Å²) in [5, 5.41) is 17.7. The van der Waals surface area contributed by atoms with E-state index in [1.54, 1.807) is 8.61 Å². The first-order valence-electron chi connectivity index (χ1n) is 8.34. The number of carbonyl (C=O) groups excluding carboxylic acids is 1. The minimum Gasteiger partial charge on any atom is -0.252 e. The Bertz CT molecular complexity index is 424. The van der Waals surface area contributed by atoms with Crippen LogP contribution in [-0.4, -0.2) is 39.8 Å². The summed E-state index contributed by atoms with van der Waals surface area (Å²) in [7, 11) is 0. The minimum atomic E-state index is -0.0654. The Kier molecular flexibility index (Phi) is 10.7. The molecule has 9 heteroatoms. The predicted octanol–water partition coefficient (Wildman–Crippen LogP) is 3.19. The number of carbonyl (C=O) groups is 1. The zero-order valence-corrected chi connectivity index (χ0v) is 16.0. The molecule has 0 spiro atoms.